The SMILES string of the molecule is CC(C)OC(C(=O)O)C(O)C(=O)O. The van der Waals surface area contributed by atoms with Crippen LogP contribution in [0.1, 0.15) is 13.8 Å². The summed E-state index contributed by atoms with van der Waals surface area (Å²) in [5, 5.41) is 25.7. The molecule has 3 N–H and O–H groups in total. The van der Waals surface area contributed by atoms with Gasteiger partial charge in [0.1, 0.15) is 0 Å². The molecule has 13 heavy (non-hydrogen) atoms. The second kappa shape index (κ2) is 4.78. The molecule has 0 radical (unpaired) electrons. The molecule has 0 heterocycles. The number of carbonyl (C=O) groups is 2. The zero-order chi connectivity index (χ0) is 10.6. The molecule has 0 saturated carbocycles. The molecular weight excluding hydrogens is 180 g/mol. The van der Waals surface area contributed by atoms with E-state index in [1.54, 1.807) is 13.8 Å². The first-order chi connectivity index (χ1) is 5.86. The first-order valence-electron chi connectivity index (χ1n) is 3.65. The summed E-state index contributed by atoms with van der Waals surface area (Å²) in [5.74, 6) is -3.11. The third-order valence-electron chi connectivity index (χ3n) is 1.20. The third-order valence-corrected chi connectivity index (χ3v) is 1.20. The largest absolute Gasteiger partial charge is 0.479 e. The monoisotopic (exact) mass is 192 g/mol. The number of aliphatic hydroxyl groups is 1. The van der Waals surface area contributed by atoms with Crippen molar-refractivity contribution < 1.29 is 29.6 Å². The highest BCUT2D eigenvalue weighted by atomic mass is 16.5. The van der Waals surface area contributed by atoms with Crippen molar-refractivity contribution in [3.8, 4) is 0 Å². The molecule has 2 unspecified atom stereocenters. The van der Waals surface area contributed by atoms with E-state index in [4.69, 9.17) is 20.1 Å². The minimum absolute atomic E-state index is 0.463. The number of hydrogen-bond donors (Lipinski definition) is 3. The summed E-state index contributed by atoms with van der Waals surface area (Å²) >= 11 is 0. The van der Waals surface area contributed by atoms with E-state index < -0.39 is 30.3 Å². The lowest BCUT2D eigenvalue weighted by Gasteiger charge is -2.18. The molecule has 0 aliphatic carbocycles. The van der Waals surface area contributed by atoms with E-state index in [-0.39, 0.29) is 0 Å². The highest BCUT2D eigenvalue weighted by molar-refractivity contribution is 5.83. The molecule has 0 aromatic heterocycles. The van der Waals surface area contributed by atoms with Gasteiger partial charge in [-0.3, -0.25) is 0 Å². The van der Waals surface area contributed by atoms with Crippen molar-refractivity contribution in [3.05, 3.63) is 0 Å². The summed E-state index contributed by atoms with van der Waals surface area (Å²) in [6.45, 7) is 3.09. The molecule has 0 aliphatic heterocycles. The van der Waals surface area contributed by atoms with Gasteiger partial charge in [-0.05, 0) is 13.8 Å². The quantitative estimate of drug-likeness (QED) is 0.532. The fourth-order valence-corrected chi connectivity index (χ4v) is 0.690. The maximum atomic E-state index is 10.4. The van der Waals surface area contributed by atoms with Crippen LogP contribution < -0.4 is 0 Å². The third kappa shape index (κ3) is 3.86. The Bertz CT molecular complexity index is 199. The van der Waals surface area contributed by atoms with Gasteiger partial charge in [0, 0.05) is 0 Å². The van der Waals surface area contributed by atoms with Crippen molar-refractivity contribution >= 4 is 11.9 Å². The summed E-state index contributed by atoms with van der Waals surface area (Å²) in [5.41, 5.74) is 0. The van der Waals surface area contributed by atoms with Crippen LogP contribution >= 0.6 is 0 Å². The zero-order valence-corrected chi connectivity index (χ0v) is 7.30. The Balaban J connectivity index is 4.42. The van der Waals surface area contributed by atoms with E-state index in [0.29, 0.717) is 0 Å². The van der Waals surface area contributed by atoms with Crippen molar-refractivity contribution in [2.24, 2.45) is 0 Å². The van der Waals surface area contributed by atoms with Gasteiger partial charge >= 0.3 is 11.9 Å². The predicted molar refractivity (Wildman–Crippen MR) is 41.3 cm³/mol. The van der Waals surface area contributed by atoms with Gasteiger partial charge in [-0.25, -0.2) is 9.59 Å². The van der Waals surface area contributed by atoms with E-state index in [2.05, 4.69) is 0 Å². The van der Waals surface area contributed by atoms with Gasteiger partial charge in [0.05, 0.1) is 6.10 Å². The van der Waals surface area contributed by atoms with Gasteiger partial charge in [0.25, 0.3) is 0 Å². The number of carboxylic acid groups (broad SMARTS) is 2. The molecule has 0 aromatic rings. The molecule has 0 rings (SSSR count). The van der Waals surface area contributed by atoms with E-state index in [9.17, 15) is 9.59 Å². The van der Waals surface area contributed by atoms with Crippen LogP contribution in [-0.4, -0.2) is 45.6 Å². The molecule has 2 atom stereocenters. The Morgan fingerprint density at radius 1 is 1.15 bits per heavy atom. The van der Waals surface area contributed by atoms with E-state index in [1.807, 2.05) is 0 Å². The van der Waals surface area contributed by atoms with Crippen molar-refractivity contribution in [2.75, 3.05) is 0 Å². The lowest BCUT2D eigenvalue weighted by Crippen LogP contribution is -2.43. The first-order valence-corrected chi connectivity index (χ1v) is 3.65. The molecule has 0 amide bonds. The minimum Gasteiger partial charge on any atom is -0.479 e. The second-order valence-corrected chi connectivity index (χ2v) is 2.73. The maximum absolute atomic E-state index is 10.4. The fraction of sp³-hybridized carbons (Fsp3) is 0.714. The van der Waals surface area contributed by atoms with Crippen molar-refractivity contribution in [1.82, 2.24) is 0 Å². The first kappa shape index (κ1) is 11.9. The summed E-state index contributed by atoms with van der Waals surface area (Å²) in [6.07, 6.45) is -4.23. The normalized spacial score (nSPS) is 15.4. The summed E-state index contributed by atoms with van der Waals surface area (Å²) in [6, 6.07) is 0. The molecule has 6 heteroatoms. The molecule has 0 bridgehead atoms. The smallest absolute Gasteiger partial charge is 0.336 e. The molecule has 0 aliphatic rings. The topological polar surface area (TPSA) is 104 Å². The van der Waals surface area contributed by atoms with Crippen LogP contribution in [0.3, 0.4) is 0 Å². The number of hydrogen-bond acceptors (Lipinski definition) is 4. The number of aliphatic hydroxyl groups excluding tert-OH is 1. The highest BCUT2D eigenvalue weighted by Crippen LogP contribution is 2.04. The van der Waals surface area contributed by atoms with Crippen LogP contribution in [0.15, 0.2) is 0 Å². The van der Waals surface area contributed by atoms with Crippen LogP contribution in [0.2, 0.25) is 0 Å². The summed E-state index contributed by atoms with van der Waals surface area (Å²) in [4.78, 5) is 20.7. The minimum atomic E-state index is -2.04. The lowest BCUT2D eigenvalue weighted by molar-refractivity contribution is -0.174. The number of carboxylic acids is 2. The fourth-order valence-electron chi connectivity index (χ4n) is 0.690. The van der Waals surface area contributed by atoms with Crippen LogP contribution in [0, 0.1) is 0 Å². The number of ether oxygens (including phenoxy) is 1. The second-order valence-electron chi connectivity index (χ2n) is 2.73. The van der Waals surface area contributed by atoms with Crippen molar-refractivity contribution in [2.45, 2.75) is 32.2 Å². The maximum Gasteiger partial charge on any atom is 0.336 e. The molecule has 6 nitrogen and oxygen atoms in total. The van der Waals surface area contributed by atoms with Crippen LogP contribution in [0.25, 0.3) is 0 Å². The van der Waals surface area contributed by atoms with Crippen LogP contribution in [-0.2, 0) is 14.3 Å². The Labute approximate surface area is 74.7 Å². The lowest BCUT2D eigenvalue weighted by atomic mass is 10.2. The van der Waals surface area contributed by atoms with E-state index in [1.165, 1.54) is 0 Å². The van der Waals surface area contributed by atoms with Gasteiger partial charge in [-0.15, -0.1) is 0 Å². The average molecular weight is 192 g/mol. The zero-order valence-electron chi connectivity index (χ0n) is 7.30. The predicted octanol–water partition coefficient (Wildman–Crippen LogP) is -0.690. The summed E-state index contributed by atoms with van der Waals surface area (Å²) < 4.78 is 4.70. The van der Waals surface area contributed by atoms with Gasteiger partial charge in [0.15, 0.2) is 12.2 Å². The molecular formula is C7H12O6. The van der Waals surface area contributed by atoms with Gasteiger partial charge in [-0.2, -0.15) is 0 Å². The van der Waals surface area contributed by atoms with Crippen molar-refractivity contribution in [3.63, 3.8) is 0 Å². The number of rotatable bonds is 5. The molecule has 76 valence electrons. The molecule has 0 saturated heterocycles. The van der Waals surface area contributed by atoms with Crippen LogP contribution in [0.4, 0.5) is 0 Å². The Kier molecular flexibility index (Phi) is 4.36. The summed E-state index contributed by atoms with van der Waals surface area (Å²) in [7, 11) is 0. The Hall–Kier alpha value is -1.14. The Morgan fingerprint density at radius 3 is 1.85 bits per heavy atom. The van der Waals surface area contributed by atoms with Gasteiger partial charge in [-0.1, -0.05) is 0 Å². The average Bonchev–Trinajstić information content (AvgIpc) is 1.97. The van der Waals surface area contributed by atoms with Crippen LogP contribution in [0.5, 0.6) is 0 Å². The number of aliphatic carboxylic acids is 2. The molecule has 0 aromatic carbocycles. The van der Waals surface area contributed by atoms with Gasteiger partial charge in [0.2, 0.25) is 0 Å². The standard InChI is InChI=1S/C7H12O6/c1-3(2)13-5(7(11)12)4(8)6(9)10/h3-5,8H,1-2H3,(H,9,10)(H,11,12). The Morgan fingerprint density at radius 2 is 1.62 bits per heavy atom. The van der Waals surface area contributed by atoms with Crippen molar-refractivity contribution in [1.29, 1.82) is 0 Å². The highest BCUT2D eigenvalue weighted by Gasteiger charge is 2.33. The van der Waals surface area contributed by atoms with E-state index >= 15 is 0 Å². The molecule has 0 spiro atoms. The van der Waals surface area contributed by atoms with Gasteiger partial charge < -0.3 is 20.1 Å². The molecule has 0 fully saturated rings. The van der Waals surface area contributed by atoms with E-state index in [0.717, 1.165) is 0 Å².